The van der Waals surface area contributed by atoms with E-state index in [2.05, 4.69) is 31.2 Å². The molecule has 1 aliphatic rings. The third-order valence-corrected chi connectivity index (χ3v) is 3.74. The highest BCUT2D eigenvalue weighted by Gasteiger charge is 2.28. The molecule has 2 rings (SSSR count). The Balaban J connectivity index is 2.36. The predicted molar refractivity (Wildman–Crippen MR) is 64.6 cm³/mol. The zero-order valence-corrected chi connectivity index (χ0v) is 10.9. The van der Waals surface area contributed by atoms with Crippen LogP contribution in [0.4, 0.5) is 5.82 Å². The zero-order valence-electron chi connectivity index (χ0n) is 8.57. The van der Waals surface area contributed by atoms with Crippen molar-refractivity contribution >= 4 is 39.3 Å². The van der Waals surface area contributed by atoms with E-state index in [0.29, 0.717) is 28.5 Å². The standard InChI is InChI=1S/C9H10BrClN4O/c1-5-9(16)12-2-3-15(5)8-6(10)7(11)13-4-14-8/h4-5H,2-3H2,1H3,(H,12,16). The number of amides is 1. The maximum atomic E-state index is 11.5. The molecule has 16 heavy (non-hydrogen) atoms. The molecule has 0 aromatic carbocycles. The minimum absolute atomic E-state index is 0.00659. The van der Waals surface area contributed by atoms with Gasteiger partial charge < -0.3 is 10.2 Å². The summed E-state index contributed by atoms with van der Waals surface area (Å²) in [7, 11) is 0. The predicted octanol–water partition coefficient (Wildman–Crippen LogP) is 1.22. The zero-order chi connectivity index (χ0) is 11.7. The second kappa shape index (κ2) is 4.55. The van der Waals surface area contributed by atoms with Crippen molar-refractivity contribution in [2.75, 3.05) is 18.0 Å². The van der Waals surface area contributed by atoms with Crippen LogP contribution in [-0.2, 0) is 4.79 Å². The Hall–Kier alpha value is -0.880. The van der Waals surface area contributed by atoms with E-state index in [-0.39, 0.29) is 11.9 Å². The van der Waals surface area contributed by atoms with Gasteiger partial charge in [0.15, 0.2) is 0 Å². The van der Waals surface area contributed by atoms with Crippen LogP contribution in [0.1, 0.15) is 6.92 Å². The van der Waals surface area contributed by atoms with Crippen molar-refractivity contribution in [1.29, 1.82) is 0 Å². The first-order valence-corrected chi connectivity index (χ1v) is 5.98. The number of hydrogen-bond donors (Lipinski definition) is 1. The summed E-state index contributed by atoms with van der Waals surface area (Å²) in [5.74, 6) is 0.648. The highest BCUT2D eigenvalue weighted by Crippen LogP contribution is 2.30. The van der Waals surface area contributed by atoms with Gasteiger partial charge in [-0.25, -0.2) is 9.97 Å². The van der Waals surface area contributed by atoms with Gasteiger partial charge in [-0.1, -0.05) is 11.6 Å². The van der Waals surface area contributed by atoms with E-state index in [1.54, 1.807) is 0 Å². The molecule has 1 unspecified atom stereocenters. The third kappa shape index (κ3) is 1.99. The van der Waals surface area contributed by atoms with Gasteiger partial charge in [-0.05, 0) is 22.9 Å². The average Bonchev–Trinajstić information content (AvgIpc) is 2.27. The summed E-state index contributed by atoms with van der Waals surface area (Å²) in [5, 5.41) is 3.14. The van der Waals surface area contributed by atoms with Crippen LogP contribution in [0.15, 0.2) is 10.8 Å². The second-order valence-electron chi connectivity index (χ2n) is 3.46. The first kappa shape index (κ1) is 11.6. The molecular weight excluding hydrogens is 295 g/mol. The molecule has 1 aromatic heterocycles. The largest absolute Gasteiger partial charge is 0.353 e. The van der Waals surface area contributed by atoms with Crippen LogP contribution in [0.25, 0.3) is 0 Å². The van der Waals surface area contributed by atoms with Crippen molar-refractivity contribution in [2.24, 2.45) is 0 Å². The number of nitrogens with one attached hydrogen (secondary N) is 1. The third-order valence-electron chi connectivity index (χ3n) is 2.50. The van der Waals surface area contributed by atoms with Gasteiger partial charge in [-0.3, -0.25) is 4.79 Å². The number of carbonyl (C=O) groups is 1. The van der Waals surface area contributed by atoms with Crippen molar-refractivity contribution in [2.45, 2.75) is 13.0 Å². The lowest BCUT2D eigenvalue weighted by atomic mass is 10.2. The van der Waals surface area contributed by atoms with E-state index in [4.69, 9.17) is 11.6 Å². The SMILES string of the molecule is CC1C(=O)NCCN1c1ncnc(Cl)c1Br. The Bertz CT molecular complexity index is 428. The number of rotatable bonds is 1. The van der Waals surface area contributed by atoms with Crippen LogP contribution in [0.2, 0.25) is 5.15 Å². The van der Waals surface area contributed by atoms with Crippen LogP contribution in [0.3, 0.4) is 0 Å². The fourth-order valence-corrected chi connectivity index (χ4v) is 2.17. The van der Waals surface area contributed by atoms with E-state index in [1.165, 1.54) is 6.33 Å². The molecule has 2 heterocycles. The van der Waals surface area contributed by atoms with Crippen LogP contribution in [0, 0.1) is 0 Å². The normalized spacial score (nSPS) is 20.8. The van der Waals surface area contributed by atoms with Crippen molar-refractivity contribution in [3.63, 3.8) is 0 Å². The molecule has 0 aliphatic carbocycles. The molecule has 1 atom stereocenters. The molecule has 0 bridgehead atoms. The van der Waals surface area contributed by atoms with Crippen LogP contribution in [0.5, 0.6) is 0 Å². The molecule has 86 valence electrons. The Labute approximate surface area is 106 Å². The molecule has 7 heteroatoms. The fraction of sp³-hybridized carbons (Fsp3) is 0.444. The maximum Gasteiger partial charge on any atom is 0.242 e. The minimum atomic E-state index is -0.254. The van der Waals surface area contributed by atoms with Crippen LogP contribution in [-0.4, -0.2) is 35.0 Å². The Morgan fingerprint density at radius 1 is 1.62 bits per heavy atom. The summed E-state index contributed by atoms with van der Waals surface area (Å²) in [4.78, 5) is 21.4. The number of piperazine rings is 1. The lowest BCUT2D eigenvalue weighted by Crippen LogP contribution is -2.54. The summed E-state index contributed by atoms with van der Waals surface area (Å²) in [5.41, 5.74) is 0. The lowest BCUT2D eigenvalue weighted by Gasteiger charge is -2.34. The van der Waals surface area contributed by atoms with Gasteiger partial charge in [-0.2, -0.15) is 0 Å². The van der Waals surface area contributed by atoms with E-state index >= 15 is 0 Å². The van der Waals surface area contributed by atoms with Crippen LogP contribution >= 0.6 is 27.5 Å². The monoisotopic (exact) mass is 304 g/mol. The second-order valence-corrected chi connectivity index (χ2v) is 4.61. The summed E-state index contributed by atoms with van der Waals surface area (Å²) in [6, 6.07) is -0.254. The summed E-state index contributed by atoms with van der Waals surface area (Å²) in [6.45, 7) is 3.15. The molecule has 1 saturated heterocycles. The number of aromatic nitrogens is 2. The highest BCUT2D eigenvalue weighted by molar-refractivity contribution is 9.10. The first-order valence-electron chi connectivity index (χ1n) is 4.81. The van der Waals surface area contributed by atoms with E-state index in [1.807, 2.05) is 11.8 Å². The Kier molecular flexibility index (Phi) is 3.30. The number of anilines is 1. The van der Waals surface area contributed by atoms with E-state index in [9.17, 15) is 4.79 Å². The maximum absolute atomic E-state index is 11.5. The lowest BCUT2D eigenvalue weighted by molar-refractivity contribution is -0.122. The first-order chi connectivity index (χ1) is 7.61. The van der Waals surface area contributed by atoms with Gasteiger partial charge >= 0.3 is 0 Å². The van der Waals surface area contributed by atoms with Crippen molar-refractivity contribution in [1.82, 2.24) is 15.3 Å². The molecule has 1 N–H and O–H groups in total. The van der Waals surface area contributed by atoms with Gasteiger partial charge in [0.05, 0.1) is 4.47 Å². The number of hydrogen-bond acceptors (Lipinski definition) is 4. The van der Waals surface area contributed by atoms with Gasteiger partial charge in [0, 0.05) is 13.1 Å². The van der Waals surface area contributed by atoms with Gasteiger partial charge in [0.25, 0.3) is 0 Å². The minimum Gasteiger partial charge on any atom is -0.353 e. The molecule has 1 amide bonds. The molecular formula is C9H10BrClN4O. The molecule has 1 aliphatic heterocycles. The summed E-state index contributed by atoms with van der Waals surface area (Å²) in [6.07, 6.45) is 1.39. The van der Waals surface area contributed by atoms with Crippen LogP contribution < -0.4 is 10.2 Å². The van der Waals surface area contributed by atoms with Gasteiger partial charge in [-0.15, -0.1) is 0 Å². The average molecular weight is 306 g/mol. The molecule has 1 fully saturated rings. The van der Waals surface area contributed by atoms with E-state index < -0.39 is 0 Å². The van der Waals surface area contributed by atoms with Crippen molar-refractivity contribution < 1.29 is 4.79 Å². The number of nitrogens with zero attached hydrogens (tertiary/aromatic N) is 3. The summed E-state index contributed by atoms with van der Waals surface area (Å²) < 4.78 is 0.623. The van der Waals surface area contributed by atoms with Gasteiger partial charge in [0.2, 0.25) is 5.91 Å². The van der Waals surface area contributed by atoms with E-state index in [0.717, 1.165) is 0 Å². The van der Waals surface area contributed by atoms with Gasteiger partial charge in [0.1, 0.15) is 23.3 Å². The molecule has 0 saturated carbocycles. The fourth-order valence-electron chi connectivity index (χ4n) is 1.61. The van der Waals surface area contributed by atoms with Crippen molar-refractivity contribution in [3.8, 4) is 0 Å². The Morgan fingerprint density at radius 2 is 2.38 bits per heavy atom. The topological polar surface area (TPSA) is 58.1 Å². The quantitative estimate of drug-likeness (QED) is 0.793. The summed E-state index contributed by atoms with van der Waals surface area (Å²) >= 11 is 9.22. The van der Waals surface area contributed by atoms with Crippen molar-refractivity contribution in [3.05, 3.63) is 16.0 Å². The molecule has 0 spiro atoms. The Morgan fingerprint density at radius 3 is 3.12 bits per heavy atom. The molecule has 5 nitrogen and oxygen atoms in total. The number of carbonyl (C=O) groups excluding carboxylic acids is 1. The molecule has 1 aromatic rings. The smallest absolute Gasteiger partial charge is 0.242 e. The number of halogens is 2. The molecule has 0 radical (unpaired) electrons. The highest BCUT2D eigenvalue weighted by atomic mass is 79.9.